The summed E-state index contributed by atoms with van der Waals surface area (Å²) in [7, 11) is 0. The van der Waals surface area contributed by atoms with Crippen LogP contribution in [0.2, 0.25) is 0 Å². The highest BCUT2D eigenvalue weighted by Gasteiger charge is 2.35. The zero-order chi connectivity index (χ0) is 20.4. The summed E-state index contributed by atoms with van der Waals surface area (Å²) >= 11 is 0. The average Bonchev–Trinajstić information content (AvgIpc) is 2.88. The van der Waals surface area contributed by atoms with E-state index >= 15 is 0 Å². The molecule has 0 saturated carbocycles. The number of rotatable bonds is 3. The number of piperidine rings is 1. The van der Waals surface area contributed by atoms with Crippen LogP contribution in [0.15, 0.2) is 49.2 Å². The number of ether oxygens (including phenoxy) is 1. The number of aromatic nitrogens is 1. The number of carbonyl (C=O) groups is 1. The van der Waals surface area contributed by atoms with Gasteiger partial charge in [-0.1, -0.05) is 42.5 Å². The van der Waals surface area contributed by atoms with E-state index in [2.05, 4.69) is 43.8 Å². The number of aryl methyl sites for hydroxylation is 1. The number of pyridine rings is 1. The van der Waals surface area contributed by atoms with Crippen LogP contribution in [0, 0.1) is 12.8 Å². The summed E-state index contributed by atoms with van der Waals surface area (Å²) < 4.78 is 5.19. The topological polar surface area (TPSA) is 42.4 Å². The fraction of sp³-hybridized carbons (Fsp3) is 0.360. The van der Waals surface area contributed by atoms with Gasteiger partial charge < -0.3 is 9.64 Å². The van der Waals surface area contributed by atoms with E-state index in [1.54, 1.807) is 0 Å². The summed E-state index contributed by atoms with van der Waals surface area (Å²) in [5.74, 6) is 0.633. The zero-order valence-electron chi connectivity index (χ0n) is 17.2. The van der Waals surface area contributed by atoms with E-state index < -0.39 is 0 Å². The van der Waals surface area contributed by atoms with Gasteiger partial charge in [0.1, 0.15) is 0 Å². The van der Waals surface area contributed by atoms with E-state index in [9.17, 15) is 4.79 Å². The van der Waals surface area contributed by atoms with Crippen molar-refractivity contribution in [3.63, 3.8) is 0 Å². The maximum Gasteiger partial charge on any atom is 0.409 e. The molecule has 0 radical (unpaired) electrons. The van der Waals surface area contributed by atoms with Crippen molar-refractivity contribution in [3.05, 3.63) is 77.1 Å². The number of likely N-dealkylation sites (tertiary alicyclic amines) is 1. The van der Waals surface area contributed by atoms with Crippen molar-refractivity contribution in [1.29, 1.82) is 0 Å². The van der Waals surface area contributed by atoms with Crippen LogP contribution in [-0.4, -0.2) is 35.7 Å². The number of carbonyl (C=O) groups excluding carboxylic acids is 1. The second-order valence-corrected chi connectivity index (χ2v) is 7.87. The van der Waals surface area contributed by atoms with E-state index in [0.29, 0.717) is 12.5 Å². The van der Waals surface area contributed by atoms with Gasteiger partial charge in [0.25, 0.3) is 0 Å². The van der Waals surface area contributed by atoms with Crippen molar-refractivity contribution in [3.8, 4) is 0 Å². The van der Waals surface area contributed by atoms with Crippen LogP contribution in [-0.2, 0) is 4.74 Å². The van der Waals surface area contributed by atoms with Gasteiger partial charge in [0, 0.05) is 25.2 Å². The molecule has 1 fully saturated rings. The molecule has 1 aromatic carbocycles. The quantitative estimate of drug-likeness (QED) is 0.704. The van der Waals surface area contributed by atoms with E-state index in [1.165, 1.54) is 16.7 Å². The van der Waals surface area contributed by atoms with Gasteiger partial charge in [-0.2, -0.15) is 0 Å². The SMILES string of the molecule is C=CC1=Cc2cccnc2C(C2CCN(C(=O)OCC)CC2)c2ccc(C)cc21. The van der Waals surface area contributed by atoms with Crippen molar-refractivity contribution in [2.45, 2.75) is 32.6 Å². The molecule has 150 valence electrons. The molecule has 4 heteroatoms. The first-order valence-electron chi connectivity index (χ1n) is 10.4. The Morgan fingerprint density at radius 2 is 2.10 bits per heavy atom. The molecule has 1 saturated heterocycles. The Hall–Kier alpha value is -2.88. The van der Waals surface area contributed by atoms with Crippen LogP contribution in [0.25, 0.3) is 11.6 Å². The Morgan fingerprint density at radius 1 is 1.31 bits per heavy atom. The third-order valence-electron chi connectivity index (χ3n) is 6.09. The molecule has 4 rings (SSSR count). The minimum absolute atomic E-state index is 0.197. The largest absolute Gasteiger partial charge is 0.450 e. The Kier molecular flexibility index (Phi) is 5.52. The predicted molar refractivity (Wildman–Crippen MR) is 117 cm³/mol. The number of allylic oxidation sites excluding steroid dienone is 2. The molecular weight excluding hydrogens is 360 g/mol. The van der Waals surface area contributed by atoms with Crippen molar-refractivity contribution in [2.24, 2.45) is 5.92 Å². The number of benzene rings is 1. The number of hydrogen-bond donors (Lipinski definition) is 0. The van der Waals surface area contributed by atoms with Crippen LogP contribution in [0.1, 0.15) is 53.6 Å². The third kappa shape index (κ3) is 3.71. The van der Waals surface area contributed by atoms with Gasteiger partial charge in [-0.15, -0.1) is 0 Å². The molecule has 4 nitrogen and oxygen atoms in total. The van der Waals surface area contributed by atoms with E-state index in [0.717, 1.165) is 42.8 Å². The maximum absolute atomic E-state index is 12.1. The number of nitrogens with zero attached hydrogens (tertiary/aromatic N) is 2. The summed E-state index contributed by atoms with van der Waals surface area (Å²) in [4.78, 5) is 18.8. The molecule has 0 spiro atoms. The lowest BCUT2D eigenvalue weighted by atomic mass is 9.76. The molecule has 0 N–H and O–H groups in total. The van der Waals surface area contributed by atoms with Gasteiger partial charge in [0.15, 0.2) is 0 Å². The fourth-order valence-electron chi connectivity index (χ4n) is 4.67. The van der Waals surface area contributed by atoms with Crippen LogP contribution in [0.3, 0.4) is 0 Å². The second kappa shape index (κ2) is 8.24. The molecule has 1 unspecified atom stereocenters. The Bertz CT molecular complexity index is 955. The number of fused-ring (bicyclic) bond motifs is 2. The summed E-state index contributed by atoms with van der Waals surface area (Å²) in [6, 6.07) is 10.8. The van der Waals surface area contributed by atoms with Crippen LogP contribution < -0.4 is 0 Å². The lowest BCUT2D eigenvalue weighted by molar-refractivity contribution is 0.0900. The summed E-state index contributed by atoms with van der Waals surface area (Å²) in [5.41, 5.74) is 7.23. The van der Waals surface area contributed by atoms with Crippen molar-refractivity contribution in [2.75, 3.05) is 19.7 Å². The fourth-order valence-corrected chi connectivity index (χ4v) is 4.67. The van der Waals surface area contributed by atoms with Crippen molar-refractivity contribution >= 4 is 17.7 Å². The summed E-state index contributed by atoms with van der Waals surface area (Å²) in [6.07, 6.45) is 7.73. The predicted octanol–water partition coefficient (Wildman–Crippen LogP) is 5.43. The van der Waals surface area contributed by atoms with Gasteiger partial charge in [-0.05, 0) is 67.0 Å². The number of amides is 1. The van der Waals surface area contributed by atoms with Crippen LogP contribution in [0.4, 0.5) is 4.79 Å². The lowest BCUT2D eigenvalue weighted by Crippen LogP contribution is -2.40. The molecule has 1 aromatic heterocycles. The lowest BCUT2D eigenvalue weighted by Gasteiger charge is -2.36. The van der Waals surface area contributed by atoms with Crippen LogP contribution in [0.5, 0.6) is 0 Å². The minimum Gasteiger partial charge on any atom is -0.450 e. The normalized spacial score (nSPS) is 18.9. The first-order chi connectivity index (χ1) is 14.1. The molecule has 1 aliphatic carbocycles. The molecule has 1 amide bonds. The van der Waals surface area contributed by atoms with Crippen LogP contribution >= 0.6 is 0 Å². The molecule has 1 atom stereocenters. The molecule has 1 aliphatic heterocycles. The molecule has 2 heterocycles. The second-order valence-electron chi connectivity index (χ2n) is 7.87. The monoisotopic (exact) mass is 388 g/mol. The highest BCUT2D eigenvalue weighted by molar-refractivity contribution is 5.90. The highest BCUT2D eigenvalue weighted by atomic mass is 16.6. The van der Waals surface area contributed by atoms with Crippen molar-refractivity contribution < 1.29 is 9.53 Å². The van der Waals surface area contributed by atoms with E-state index in [-0.39, 0.29) is 12.0 Å². The Morgan fingerprint density at radius 3 is 2.83 bits per heavy atom. The average molecular weight is 389 g/mol. The molecule has 0 bridgehead atoms. The highest BCUT2D eigenvalue weighted by Crippen LogP contribution is 2.44. The molecule has 2 aromatic rings. The van der Waals surface area contributed by atoms with Gasteiger partial charge in [-0.3, -0.25) is 4.98 Å². The maximum atomic E-state index is 12.1. The van der Waals surface area contributed by atoms with Gasteiger partial charge in [0.2, 0.25) is 0 Å². The molecule has 29 heavy (non-hydrogen) atoms. The van der Waals surface area contributed by atoms with Crippen molar-refractivity contribution in [1.82, 2.24) is 9.88 Å². The molecule has 2 aliphatic rings. The van der Waals surface area contributed by atoms with E-state index in [1.807, 2.05) is 30.2 Å². The smallest absolute Gasteiger partial charge is 0.409 e. The van der Waals surface area contributed by atoms with Gasteiger partial charge in [0.05, 0.1) is 12.3 Å². The summed E-state index contributed by atoms with van der Waals surface area (Å²) in [6.45, 7) is 9.92. The molecular formula is C25H28N2O2. The Balaban J connectivity index is 1.73. The zero-order valence-corrected chi connectivity index (χ0v) is 17.2. The van der Waals surface area contributed by atoms with E-state index in [4.69, 9.17) is 9.72 Å². The van der Waals surface area contributed by atoms with Gasteiger partial charge in [-0.25, -0.2) is 4.79 Å². The minimum atomic E-state index is -0.197. The third-order valence-corrected chi connectivity index (χ3v) is 6.09. The summed E-state index contributed by atoms with van der Waals surface area (Å²) in [5, 5.41) is 0. The standard InChI is InChI=1S/C25H28N2O2/c1-4-18-16-20-7-6-12-26-24(20)23(21-9-8-17(3)15-22(18)21)19-10-13-27(14-11-19)25(28)29-5-2/h4,6-9,12,15-16,19,23H,1,5,10-11,13-14H2,2-3H3. The van der Waals surface area contributed by atoms with Gasteiger partial charge >= 0.3 is 6.09 Å². The first kappa shape index (κ1) is 19.4. The Labute approximate surface area is 172 Å². The first-order valence-corrected chi connectivity index (χ1v) is 10.4. The number of hydrogen-bond acceptors (Lipinski definition) is 3.